The SMILES string of the molecule is CCCC1Cc2cccnc2N1. The zero-order chi connectivity index (χ0) is 8.39. The van der Waals surface area contributed by atoms with Crippen molar-refractivity contribution in [3.8, 4) is 0 Å². The van der Waals surface area contributed by atoms with Crippen LogP contribution in [-0.4, -0.2) is 11.0 Å². The van der Waals surface area contributed by atoms with E-state index in [0.717, 1.165) is 12.2 Å². The van der Waals surface area contributed by atoms with Crippen LogP contribution in [0.15, 0.2) is 18.3 Å². The van der Waals surface area contributed by atoms with E-state index in [-0.39, 0.29) is 0 Å². The minimum atomic E-state index is 0.625. The Labute approximate surface area is 73.0 Å². The van der Waals surface area contributed by atoms with E-state index in [0.29, 0.717) is 6.04 Å². The standard InChI is InChI=1S/C10H14N2/c1-2-4-9-7-8-5-3-6-11-10(8)12-9/h3,5-6,9H,2,4,7H2,1H3,(H,11,12). The fraction of sp³-hybridized carbons (Fsp3) is 0.500. The molecule has 1 atom stereocenters. The molecule has 1 aromatic heterocycles. The van der Waals surface area contributed by atoms with E-state index < -0.39 is 0 Å². The number of nitrogens with zero attached hydrogens (tertiary/aromatic N) is 1. The summed E-state index contributed by atoms with van der Waals surface area (Å²) in [6, 6.07) is 4.79. The van der Waals surface area contributed by atoms with Gasteiger partial charge < -0.3 is 5.32 Å². The number of anilines is 1. The van der Waals surface area contributed by atoms with Gasteiger partial charge >= 0.3 is 0 Å². The molecule has 0 bridgehead atoms. The van der Waals surface area contributed by atoms with Crippen molar-refractivity contribution >= 4 is 5.82 Å². The van der Waals surface area contributed by atoms with Gasteiger partial charge in [0.05, 0.1) is 0 Å². The summed E-state index contributed by atoms with van der Waals surface area (Å²) in [6.07, 6.45) is 5.49. The molecular formula is C10H14N2. The lowest BCUT2D eigenvalue weighted by atomic mass is 10.1. The number of aromatic nitrogens is 1. The average Bonchev–Trinajstić information content (AvgIpc) is 2.47. The predicted octanol–water partition coefficient (Wildman–Crippen LogP) is 2.22. The van der Waals surface area contributed by atoms with E-state index in [9.17, 15) is 0 Å². The average molecular weight is 162 g/mol. The molecule has 0 aromatic carbocycles. The Morgan fingerprint density at radius 3 is 3.33 bits per heavy atom. The van der Waals surface area contributed by atoms with Gasteiger partial charge in [-0.3, -0.25) is 0 Å². The van der Waals surface area contributed by atoms with Crippen LogP contribution in [0.25, 0.3) is 0 Å². The molecule has 2 heteroatoms. The predicted molar refractivity (Wildman–Crippen MR) is 50.3 cm³/mol. The lowest BCUT2D eigenvalue weighted by Gasteiger charge is -2.07. The molecule has 2 nitrogen and oxygen atoms in total. The summed E-state index contributed by atoms with van der Waals surface area (Å²) in [5.74, 6) is 1.09. The smallest absolute Gasteiger partial charge is 0.129 e. The number of rotatable bonds is 2. The second-order valence-corrected chi connectivity index (χ2v) is 3.35. The van der Waals surface area contributed by atoms with Gasteiger partial charge in [0.15, 0.2) is 0 Å². The van der Waals surface area contributed by atoms with Gasteiger partial charge in [-0.05, 0) is 24.5 Å². The minimum absolute atomic E-state index is 0.625. The maximum absolute atomic E-state index is 4.28. The molecule has 0 aliphatic carbocycles. The third kappa shape index (κ3) is 1.29. The highest BCUT2D eigenvalue weighted by molar-refractivity contribution is 5.50. The van der Waals surface area contributed by atoms with Crippen molar-refractivity contribution in [2.24, 2.45) is 0 Å². The lowest BCUT2D eigenvalue weighted by molar-refractivity contribution is 0.661. The first-order chi connectivity index (χ1) is 5.90. The van der Waals surface area contributed by atoms with Crippen LogP contribution >= 0.6 is 0 Å². The number of fused-ring (bicyclic) bond motifs is 1. The summed E-state index contributed by atoms with van der Waals surface area (Å²) in [7, 11) is 0. The molecular weight excluding hydrogens is 148 g/mol. The third-order valence-electron chi connectivity index (χ3n) is 2.34. The third-order valence-corrected chi connectivity index (χ3v) is 2.34. The van der Waals surface area contributed by atoms with Crippen LogP contribution in [0.2, 0.25) is 0 Å². The van der Waals surface area contributed by atoms with E-state index in [1.807, 2.05) is 12.3 Å². The fourth-order valence-electron chi connectivity index (χ4n) is 1.77. The van der Waals surface area contributed by atoms with Crippen molar-refractivity contribution in [2.75, 3.05) is 5.32 Å². The van der Waals surface area contributed by atoms with Gasteiger partial charge in [-0.25, -0.2) is 4.98 Å². The van der Waals surface area contributed by atoms with Crippen molar-refractivity contribution in [1.29, 1.82) is 0 Å². The second-order valence-electron chi connectivity index (χ2n) is 3.35. The van der Waals surface area contributed by atoms with Crippen LogP contribution in [0, 0.1) is 0 Å². The van der Waals surface area contributed by atoms with Gasteiger partial charge in [0.1, 0.15) is 5.82 Å². The van der Waals surface area contributed by atoms with Crippen molar-refractivity contribution in [2.45, 2.75) is 32.2 Å². The quantitative estimate of drug-likeness (QED) is 0.721. The maximum Gasteiger partial charge on any atom is 0.129 e. The number of hydrogen-bond acceptors (Lipinski definition) is 2. The van der Waals surface area contributed by atoms with Crippen molar-refractivity contribution < 1.29 is 0 Å². The Hall–Kier alpha value is -1.05. The molecule has 2 rings (SSSR count). The summed E-state index contributed by atoms with van der Waals surface area (Å²) in [5.41, 5.74) is 1.37. The zero-order valence-electron chi connectivity index (χ0n) is 7.38. The summed E-state index contributed by atoms with van der Waals surface area (Å²) < 4.78 is 0. The maximum atomic E-state index is 4.28. The van der Waals surface area contributed by atoms with Crippen molar-refractivity contribution in [1.82, 2.24) is 4.98 Å². The molecule has 12 heavy (non-hydrogen) atoms. The van der Waals surface area contributed by atoms with Crippen LogP contribution < -0.4 is 5.32 Å². The highest BCUT2D eigenvalue weighted by Gasteiger charge is 2.19. The van der Waals surface area contributed by atoms with Crippen LogP contribution in [-0.2, 0) is 6.42 Å². The van der Waals surface area contributed by atoms with E-state index in [4.69, 9.17) is 0 Å². The molecule has 1 N–H and O–H groups in total. The number of nitrogens with one attached hydrogen (secondary N) is 1. The van der Waals surface area contributed by atoms with Crippen LogP contribution in [0.4, 0.5) is 5.82 Å². The zero-order valence-corrected chi connectivity index (χ0v) is 7.38. The summed E-state index contributed by atoms with van der Waals surface area (Å²) in [5, 5.41) is 3.42. The molecule has 1 aliphatic heterocycles. The Morgan fingerprint density at radius 1 is 1.67 bits per heavy atom. The lowest BCUT2D eigenvalue weighted by Crippen LogP contribution is -2.14. The molecule has 1 aliphatic rings. The van der Waals surface area contributed by atoms with Gasteiger partial charge in [-0.2, -0.15) is 0 Å². The summed E-state index contributed by atoms with van der Waals surface area (Å²) in [4.78, 5) is 4.28. The van der Waals surface area contributed by atoms with Gasteiger partial charge in [-0.15, -0.1) is 0 Å². The van der Waals surface area contributed by atoms with Crippen LogP contribution in [0.3, 0.4) is 0 Å². The molecule has 1 unspecified atom stereocenters. The molecule has 0 spiro atoms. The Kier molecular flexibility index (Phi) is 1.98. The molecule has 0 fully saturated rings. The largest absolute Gasteiger partial charge is 0.367 e. The first-order valence-electron chi connectivity index (χ1n) is 4.60. The number of pyridine rings is 1. The van der Waals surface area contributed by atoms with E-state index in [1.165, 1.54) is 18.4 Å². The molecule has 0 amide bonds. The molecule has 0 radical (unpaired) electrons. The monoisotopic (exact) mass is 162 g/mol. The molecule has 1 aromatic rings. The van der Waals surface area contributed by atoms with Gasteiger partial charge in [0, 0.05) is 12.2 Å². The normalized spacial score (nSPS) is 20.2. The first-order valence-corrected chi connectivity index (χ1v) is 4.60. The number of hydrogen-bond donors (Lipinski definition) is 1. The van der Waals surface area contributed by atoms with Crippen LogP contribution in [0.1, 0.15) is 25.3 Å². The van der Waals surface area contributed by atoms with Gasteiger partial charge in [0.25, 0.3) is 0 Å². The highest BCUT2D eigenvalue weighted by atomic mass is 15.0. The van der Waals surface area contributed by atoms with Crippen molar-refractivity contribution in [3.05, 3.63) is 23.9 Å². The van der Waals surface area contributed by atoms with Crippen LogP contribution in [0.5, 0.6) is 0 Å². The molecule has 2 heterocycles. The van der Waals surface area contributed by atoms with E-state index in [2.05, 4.69) is 23.3 Å². The van der Waals surface area contributed by atoms with Crippen molar-refractivity contribution in [3.63, 3.8) is 0 Å². The first kappa shape index (κ1) is 7.59. The Bertz CT molecular complexity index is 245. The van der Waals surface area contributed by atoms with E-state index >= 15 is 0 Å². The molecule has 64 valence electrons. The molecule has 0 saturated carbocycles. The van der Waals surface area contributed by atoms with Gasteiger partial charge in [-0.1, -0.05) is 19.4 Å². The van der Waals surface area contributed by atoms with Gasteiger partial charge in [0.2, 0.25) is 0 Å². The highest BCUT2D eigenvalue weighted by Crippen LogP contribution is 2.24. The summed E-state index contributed by atoms with van der Waals surface area (Å²) >= 11 is 0. The Morgan fingerprint density at radius 2 is 2.58 bits per heavy atom. The summed E-state index contributed by atoms with van der Waals surface area (Å²) in [6.45, 7) is 2.22. The Balaban J connectivity index is 2.11. The minimum Gasteiger partial charge on any atom is -0.367 e. The topological polar surface area (TPSA) is 24.9 Å². The van der Waals surface area contributed by atoms with E-state index in [1.54, 1.807) is 0 Å². The second kappa shape index (κ2) is 3.13. The fourth-order valence-corrected chi connectivity index (χ4v) is 1.77. The molecule has 0 saturated heterocycles.